The molecule has 0 radical (unpaired) electrons. The quantitative estimate of drug-likeness (QED) is 0.674. The molecular weight excluding hydrogens is 302 g/mol. The van der Waals surface area contributed by atoms with Crippen molar-refractivity contribution in [1.82, 2.24) is 4.90 Å². The number of imide groups is 1. The largest absolute Gasteiger partial charge is 0.300 e. The number of amides is 2. The van der Waals surface area contributed by atoms with Gasteiger partial charge in [0.25, 0.3) is 11.8 Å². The molecule has 1 heterocycles. The van der Waals surface area contributed by atoms with E-state index < -0.39 is 0 Å². The number of allylic oxidation sites excluding steroid dienone is 8. The second-order valence-electron chi connectivity index (χ2n) is 5.83. The Labute approximate surface area is 142 Å². The Morgan fingerprint density at radius 2 is 1.62 bits per heavy atom. The van der Waals surface area contributed by atoms with Crippen molar-refractivity contribution >= 4 is 17.6 Å². The van der Waals surface area contributed by atoms with Gasteiger partial charge in [0.05, 0.1) is 0 Å². The van der Waals surface area contributed by atoms with E-state index in [1.165, 1.54) is 22.6 Å². The van der Waals surface area contributed by atoms with E-state index in [0.29, 0.717) is 19.3 Å². The van der Waals surface area contributed by atoms with E-state index in [4.69, 9.17) is 0 Å². The van der Waals surface area contributed by atoms with Crippen molar-refractivity contribution in [1.29, 1.82) is 0 Å². The lowest BCUT2D eigenvalue weighted by Crippen LogP contribution is -2.35. The molecule has 0 spiro atoms. The summed E-state index contributed by atoms with van der Waals surface area (Å²) >= 11 is 0. The molecule has 0 atom stereocenters. The summed E-state index contributed by atoms with van der Waals surface area (Å²) in [5.41, 5.74) is 1.22. The van der Waals surface area contributed by atoms with Crippen LogP contribution in [-0.2, 0) is 14.4 Å². The molecule has 0 saturated carbocycles. The maximum atomic E-state index is 12.0. The Morgan fingerprint density at radius 3 is 2.25 bits per heavy atom. The van der Waals surface area contributed by atoms with E-state index in [-0.39, 0.29) is 24.1 Å². The van der Waals surface area contributed by atoms with Crippen LogP contribution < -0.4 is 0 Å². The fraction of sp³-hybridized carbons (Fsp3) is 0.350. The standard InChI is InChI=1S/C20H23NO3/c22-18(15-14-17-9-4-3-5-10-17)11-8-16-21-19(23)12-6-1-2-7-13-20(21)24/h1-2,4,6-7,9-10,12-13H,3,5,8,11,14-16H2/b2-1-,12-6+,13-7+. The lowest BCUT2D eigenvalue weighted by molar-refractivity contribution is -0.139. The van der Waals surface area contributed by atoms with Crippen LogP contribution in [0.4, 0.5) is 0 Å². The number of carbonyl (C=O) groups is 3. The second-order valence-corrected chi connectivity index (χ2v) is 5.83. The summed E-state index contributed by atoms with van der Waals surface area (Å²) in [4.78, 5) is 37.1. The van der Waals surface area contributed by atoms with E-state index in [1.54, 1.807) is 24.3 Å². The van der Waals surface area contributed by atoms with Gasteiger partial charge in [-0.15, -0.1) is 0 Å². The van der Waals surface area contributed by atoms with Gasteiger partial charge in [-0.05, 0) is 25.7 Å². The first-order chi connectivity index (χ1) is 11.7. The van der Waals surface area contributed by atoms with Gasteiger partial charge < -0.3 is 0 Å². The van der Waals surface area contributed by atoms with Crippen LogP contribution in [-0.4, -0.2) is 29.0 Å². The van der Waals surface area contributed by atoms with E-state index in [2.05, 4.69) is 18.2 Å². The first-order valence-electron chi connectivity index (χ1n) is 8.41. The number of carbonyl (C=O) groups excluding carboxylic acids is 3. The van der Waals surface area contributed by atoms with Gasteiger partial charge in [0.2, 0.25) is 0 Å². The molecule has 0 unspecified atom stereocenters. The molecule has 0 fully saturated rings. The summed E-state index contributed by atoms with van der Waals surface area (Å²) in [6.45, 7) is 0.265. The van der Waals surface area contributed by atoms with Crippen LogP contribution in [0, 0.1) is 0 Å². The highest BCUT2D eigenvalue weighted by molar-refractivity contribution is 6.05. The van der Waals surface area contributed by atoms with Gasteiger partial charge in [0.1, 0.15) is 5.78 Å². The van der Waals surface area contributed by atoms with E-state index in [0.717, 1.165) is 19.3 Å². The van der Waals surface area contributed by atoms with Crippen molar-refractivity contribution in [2.45, 2.75) is 38.5 Å². The van der Waals surface area contributed by atoms with Crippen LogP contribution in [0.25, 0.3) is 0 Å². The first kappa shape index (κ1) is 17.9. The molecule has 2 rings (SSSR count). The minimum Gasteiger partial charge on any atom is -0.300 e. The molecule has 0 aromatic carbocycles. The molecule has 4 nitrogen and oxygen atoms in total. The number of ketones is 1. The Morgan fingerprint density at radius 1 is 0.917 bits per heavy atom. The summed E-state index contributed by atoms with van der Waals surface area (Å²) in [5, 5.41) is 0. The summed E-state index contributed by atoms with van der Waals surface area (Å²) in [5.74, 6) is -0.519. The summed E-state index contributed by atoms with van der Waals surface area (Å²) in [6, 6.07) is 0. The molecule has 0 N–H and O–H groups in total. The van der Waals surface area contributed by atoms with Crippen LogP contribution in [0.1, 0.15) is 38.5 Å². The van der Waals surface area contributed by atoms with Crippen LogP contribution in [0.5, 0.6) is 0 Å². The van der Waals surface area contributed by atoms with Gasteiger partial charge in [-0.1, -0.05) is 48.1 Å². The molecule has 0 aromatic heterocycles. The Kier molecular flexibility index (Phi) is 7.15. The molecule has 1 aliphatic heterocycles. The third-order valence-electron chi connectivity index (χ3n) is 3.94. The normalized spacial score (nSPS) is 21.5. The fourth-order valence-corrected chi connectivity index (χ4v) is 2.61. The molecule has 0 bridgehead atoms. The molecule has 4 heteroatoms. The van der Waals surface area contributed by atoms with Gasteiger partial charge in [0.15, 0.2) is 0 Å². The zero-order valence-corrected chi connectivity index (χ0v) is 13.8. The summed E-state index contributed by atoms with van der Waals surface area (Å²) in [6.07, 6.45) is 20.0. The lowest BCUT2D eigenvalue weighted by atomic mass is 10.0. The number of hydrogen-bond donors (Lipinski definition) is 0. The average molecular weight is 325 g/mol. The third kappa shape index (κ3) is 5.95. The molecule has 126 valence electrons. The Bertz CT molecular complexity index is 607. The van der Waals surface area contributed by atoms with E-state index in [1.807, 2.05) is 0 Å². The lowest BCUT2D eigenvalue weighted by Gasteiger charge is -2.17. The zero-order chi connectivity index (χ0) is 17.2. The molecule has 0 saturated heterocycles. The Balaban J connectivity index is 1.76. The molecule has 0 aromatic rings. The van der Waals surface area contributed by atoms with Crippen molar-refractivity contribution in [3.8, 4) is 0 Å². The molecule has 2 amide bonds. The molecule has 24 heavy (non-hydrogen) atoms. The highest BCUT2D eigenvalue weighted by atomic mass is 16.2. The van der Waals surface area contributed by atoms with Gasteiger partial charge in [-0.25, -0.2) is 0 Å². The number of Topliss-reactive ketones (excluding diaryl/α,β-unsaturated/α-hetero) is 1. The second kappa shape index (κ2) is 9.60. The van der Waals surface area contributed by atoms with Crippen LogP contribution in [0.3, 0.4) is 0 Å². The average Bonchev–Trinajstić information content (AvgIpc) is 2.67. The zero-order valence-electron chi connectivity index (χ0n) is 13.8. The van der Waals surface area contributed by atoms with Gasteiger partial charge in [0, 0.05) is 31.5 Å². The predicted molar refractivity (Wildman–Crippen MR) is 94.1 cm³/mol. The fourth-order valence-electron chi connectivity index (χ4n) is 2.61. The monoisotopic (exact) mass is 325 g/mol. The molecule has 1 aliphatic carbocycles. The Hall–Kier alpha value is -2.49. The van der Waals surface area contributed by atoms with E-state index >= 15 is 0 Å². The predicted octanol–water partition coefficient (Wildman–Crippen LogP) is 3.43. The maximum absolute atomic E-state index is 12.0. The van der Waals surface area contributed by atoms with Crippen molar-refractivity contribution in [3.05, 3.63) is 60.3 Å². The maximum Gasteiger partial charge on any atom is 0.253 e. The molecular formula is C20H23NO3. The van der Waals surface area contributed by atoms with Crippen molar-refractivity contribution in [3.63, 3.8) is 0 Å². The van der Waals surface area contributed by atoms with Crippen molar-refractivity contribution in [2.24, 2.45) is 0 Å². The van der Waals surface area contributed by atoms with Gasteiger partial charge in [-0.2, -0.15) is 0 Å². The van der Waals surface area contributed by atoms with Gasteiger partial charge >= 0.3 is 0 Å². The highest BCUT2D eigenvalue weighted by Crippen LogP contribution is 2.15. The van der Waals surface area contributed by atoms with Crippen LogP contribution >= 0.6 is 0 Å². The van der Waals surface area contributed by atoms with Crippen molar-refractivity contribution in [2.75, 3.05) is 6.54 Å². The topological polar surface area (TPSA) is 54.5 Å². The van der Waals surface area contributed by atoms with E-state index in [9.17, 15) is 14.4 Å². The SMILES string of the molecule is O=C(CCCN1C(=O)/C=C/C=C\C=C\C1=O)CCC1=CCCC=C1. The third-order valence-corrected chi connectivity index (χ3v) is 3.94. The molecule has 2 aliphatic rings. The van der Waals surface area contributed by atoms with Crippen LogP contribution in [0.2, 0.25) is 0 Å². The number of hydrogen-bond acceptors (Lipinski definition) is 3. The number of nitrogens with zero attached hydrogens (tertiary/aromatic N) is 1. The minimum absolute atomic E-state index is 0.173. The van der Waals surface area contributed by atoms with Crippen molar-refractivity contribution < 1.29 is 14.4 Å². The minimum atomic E-state index is -0.346. The highest BCUT2D eigenvalue weighted by Gasteiger charge is 2.17. The van der Waals surface area contributed by atoms with Crippen LogP contribution in [0.15, 0.2) is 60.3 Å². The van der Waals surface area contributed by atoms with Gasteiger partial charge in [-0.3, -0.25) is 19.3 Å². The summed E-state index contributed by atoms with van der Waals surface area (Å²) in [7, 11) is 0. The summed E-state index contributed by atoms with van der Waals surface area (Å²) < 4.78 is 0. The first-order valence-corrected chi connectivity index (χ1v) is 8.41. The smallest absolute Gasteiger partial charge is 0.253 e. The number of rotatable bonds is 7.